The van der Waals surface area contributed by atoms with E-state index >= 15 is 0 Å². The van der Waals surface area contributed by atoms with E-state index in [1.165, 1.54) is 5.56 Å². The van der Waals surface area contributed by atoms with E-state index in [9.17, 15) is 0 Å². The highest BCUT2D eigenvalue weighted by Gasteiger charge is 2.26. The predicted octanol–water partition coefficient (Wildman–Crippen LogP) is 3.34. The molecule has 2 heterocycles. The van der Waals surface area contributed by atoms with E-state index in [2.05, 4.69) is 11.1 Å². The fraction of sp³-hybridized carbons (Fsp3) is 0.375. The molecule has 1 aromatic carbocycles. The molecule has 4 rings (SSSR count). The number of benzene rings is 1. The molecule has 20 heavy (non-hydrogen) atoms. The highest BCUT2D eigenvalue weighted by Crippen LogP contribution is 2.33. The number of ether oxygens (including phenoxy) is 1. The van der Waals surface area contributed by atoms with Crippen LogP contribution in [0.2, 0.25) is 5.15 Å². The topological polar surface area (TPSA) is 35.0 Å². The van der Waals surface area contributed by atoms with E-state index < -0.39 is 0 Å². The molecule has 0 bridgehead atoms. The molecule has 0 saturated heterocycles. The van der Waals surface area contributed by atoms with Crippen molar-refractivity contribution in [3.63, 3.8) is 0 Å². The summed E-state index contributed by atoms with van der Waals surface area (Å²) in [6.45, 7) is 0.631. The molecule has 2 aromatic rings. The molecule has 1 aromatic heterocycles. The molecule has 0 amide bonds. The summed E-state index contributed by atoms with van der Waals surface area (Å²) in [4.78, 5) is 9.25. The van der Waals surface area contributed by atoms with Gasteiger partial charge in [0.05, 0.1) is 12.5 Å². The van der Waals surface area contributed by atoms with Gasteiger partial charge in [0.2, 0.25) is 0 Å². The summed E-state index contributed by atoms with van der Waals surface area (Å²) < 4.78 is 5.83. The summed E-state index contributed by atoms with van der Waals surface area (Å²) in [6, 6.07) is 8.17. The van der Waals surface area contributed by atoms with Gasteiger partial charge in [0.1, 0.15) is 16.7 Å². The lowest BCUT2D eigenvalue weighted by atomic mass is 9.96. The maximum absolute atomic E-state index is 6.30. The number of aromatic nitrogens is 2. The highest BCUT2D eigenvalue weighted by atomic mass is 35.5. The Morgan fingerprint density at radius 1 is 1.15 bits per heavy atom. The van der Waals surface area contributed by atoms with Gasteiger partial charge < -0.3 is 4.74 Å². The van der Waals surface area contributed by atoms with Gasteiger partial charge in [-0.3, -0.25) is 0 Å². The minimum Gasteiger partial charge on any atom is -0.493 e. The second-order valence-corrected chi connectivity index (χ2v) is 5.83. The van der Waals surface area contributed by atoms with Gasteiger partial charge in [-0.25, -0.2) is 9.97 Å². The quantitative estimate of drug-likeness (QED) is 0.754. The van der Waals surface area contributed by atoms with Crippen molar-refractivity contribution in [1.82, 2.24) is 9.97 Å². The Morgan fingerprint density at radius 2 is 2.05 bits per heavy atom. The van der Waals surface area contributed by atoms with Crippen molar-refractivity contribution in [1.29, 1.82) is 0 Å². The van der Waals surface area contributed by atoms with Crippen molar-refractivity contribution in [2.45, 2.75) is 31.6 Å². The Bertz CT molecular complexity index is 672. The third-order valence-electron chi connectivity index (χ3n) is 4.14. The van der Waals surface area contributed by atoms with Gasteiger partial charge in [0, 0.05) is 11.3 Å². The Labute approximate surface area is 123 Å². The largest absolute Gasteiger partial charge is 0.493 e. The van der Waals surface area contributed by atoms with Crippen LogP contribution in [0.5, 0.6) is 5.75 Å². The number of para-hydroxylation sites is 1. The second-order valence-electron chi connectivity index (χ2n) is 5.47. The summed E-state index contributed by atoms with van der Waals surface area (Å²) in [7, 11) is 0. The molecule has 0 fully saturated rings. The van der Waals surface area contributed by atoms with E-state index in [4.69, 9.17) is 21.3 Å². The first kappa shape index (κ1) is 12.2. The van der Waals surface area contributed by atoms with E-state index in [0.717, 1.165) is 48.5 Å². The lowest BCUT2D eigenvalue weighted by molar-refractivity contribution is 0.257. The third kappa shape index (κ3) is 1.97. The zero-order valence-corrected chi connectivity index (χ0v) is 11.9. The normalized spacial score (nSPS) is 20.1. The first-order valence-electron chi connectivity index (χ1n) is 7.07. The van der Waals surface area contributed by atoms with Crippen molar-refractivity contribution in [3.8, 4) is 5.75 Å². The van der Waals surface area contributed by atoms with Crippen molar-refractivity contribution in [3.05, 3.63) is 52.1 Å². The highest BCUT2D eigenvalue weighted by molar-refractivity contribution is 6.30. The minimum atomic E-state index is 0.202. The lowest BCUT2D eigenvalue weighted by Crippen LogP contribution is -2.21. The van der Waals surface area contributed by atoms with Crippen molar-refractivity contribution >= 4 is 11.6 Å². The van der Waals surface area contributed by atoms with Crippen LogP contribution in [-0.2, 0) is 19.3 Å². The van der Waals surface area contributed by atoms with Crippen LogP contribution >= 0.6 is 11.6 Å². The van der Waals surface area contributed by atoms with Crippen molar-refractivity contribution in [2.24, 2.45) is 0 Å². The average Bonchev–Trinajstić information content (AvgIpc) is 2.96. The molecular formula is C16H15ClN2O. The average molecular weight is 287 g/mol. The van der Waals surface area contributed by atoms with Gasteiger partial charge in [-0.15, -0.1) is 0 Å². The number of rotatable bonds is 1. The van der Waals surface area contributed by atoms with Crippen LogP contribution in [-0.4, -0.2) is 16.6 Å². The molecule has 3 nitrogen and oxygen atoms in total. The number of fused-ring (bicyclic) bond motifs is 2. The third-order valence-corrected chi connectivity index (χ3v) is 4.46. The summed E-state index contributed by atoms with van der Waals surface area (Å²) in [5.74, 6) is 2.02. The first-order chi connectivity index (χ1) is 9.81. The molecule has 1 aliphatic heterocycles. The molecule has 2 aliphatic rings. The number of hydrogen-bond acceptors (Lipinski definition) is 3. The van der Waals surface area contributed by atoms with Gasteiger partial charge in [0.25, 0.3) is 0 Å². The van der Waals surface area contributed by atoms with E-state index in [-0.39, 0.29) is 5.92 Å². The monoisotopic (exact) mass is 286 g/mol. The second kappa shape index (κ2) is 4.74. The van der Waals surface area contributed by atoms with Crippen LogP contribution in [0.15, 0.2) is 24.3 Å². The van der Waals surface area contributed by atoms with Crippen molar-refractivity contribution < 1.29 is 4.74 Å². The Kier molecular flexibility index (Phi) is 2.88. The molecule has 1 aliphatic carbocycles. The van der Waals surface area contributed by atoms with Crippen LogP contribution in [0, 0.1) is 0 Å². The number of halogens is 1. The van der Waals surface area contributed by atoms with E-state index in [1.807, 2.05) is 18.2 Å². The van der Waals surface area contributed by atoms with Crippen LogP contribution in [0.4, 0.5) is 0 Å². The molecular weight excluding hydrogens is 272 g/mol. The maximum Gasteiger partial charge on any atom is 0.137 e. The van der Waals surface area contributed by atoms with Crippen molar-refractivity contribution in [2.75, 3.05) is 6.61 Å². The molecule has 0 N–H and O–H groups in total. The fourth-order valence-electron chi connectivity index (χ4n) is 3.08. The summed E-state index contributed by atoms with van der Waals surface area (Å²) in [5, 5.41) is 0.640. The van der Waals surface area contributed by atoms with E-state index in [1.54, 1.807) is 0 Å². The van der Waals surface area contributed by atoms with E-state index in [0.29, 0.717) is 11.8 Å². The zero-order chi connectivity index (χ0) is 13.5. The lowest BCUT2D eigenvalue weighted by Gasteiger charge is -2.24. The summed E-state index contributed by atoms with van der Waals surface area (Å²) >= 11 is 6.30. The molecule has 4 heteroatoms. The van der Waals surface area contributed by atoms with Gasteiger partial charge in [-0.2, -0.15) is 0 Å². The standard InChI is InChI=1S/C16H15ClN2O/c17-15-12-5-3-6-13(12)18-16(19-15)11-8-10-4-1-2-7-14(10)20-9-11/h1-2,4,7,11H,3,5-6,8-9H2. The Hall–Kier alpha value is -1.61. The van der Waals surface area contributed by atoms with Gasteiger partial charge in [-0.05, 0) is 37.3 Å². The molecule has 102 valence electrons. The fourth-order valence-corrected chi connectivity index (χ4v) is 3.37. The smallest absolute Gasteiger partial charge is 0.137 e. The number of aryl methyl sites for hydroxylation is 1. The molecule has 0 saturated carbocycles. The first-order valence-corrected chi connectivity index (χ1v) is 7.45. The summed E-state index contributed by atoms with van der Waals surface area (Å²) in [6.07, 6.45) is 4.09. The maximum atomic E-state index is 6.30. The SMILES string of the molecule is Clc1nc(C2COc3ccccc3C2)nc2c1CCC2. The molecule has 1 atom stereocenters. The predicted molar refractivity (Wildman–Crippen MR) is 77.4 cm³/mol. The minimum absolute atomic E-state index is 0.202. The van der Waals surface area contributed by atoms with Crippen LogP contribution < -0.4 is 4.74 Å². The Balaban J connectivity index is 1.68. The van der Waals surface area contributed by atoms with Crippen LogP contribution in [0.25, 0.3) is 0 Å². The molecule has 0 spiro atoms. The van der Waals surface area contributed by atoms with Crippen LogP contribution in [0.3, 0.4) is 0 Å². The summed E-state index contributed by atoms with van der Waals surface area (Å²) in [5.41, 5.74) is 3.51. The molecule has 1 unspecified atom stereocenters. The van der Waals surface area contributed by atoms with Crippen LogP contribution in [0.1, 0.15) is 35.0 Å². The number of hydrogen-bond donors (Lipinski definition) is 0. The van der Waals surface area contributed by atoms with Gasteiger partial charge in [-0.1, -0.05) is 29.8 Å². The molecule has 0 radical (unpaired) electrons. The number of nitrogens with zero attached hydrogens (tertiary/aromatic N) is 2. The Morgan fingerprint density at radius 3 is 3.00 bits per heavy atom. The van der Waals surface area contributed by atoms with Gasteiger partial charge >= 0.3 is 0 Å². The van der Waals surface area contributed by atoms with Gasteiger partial charge in [0.15, 0.2) is 0 Å². The zero-order valence-electron chi connectivity index (χ0n) is 11.1.